The summed E-state index contributed by atoms with van der Waals surface area (Å²) < 4.78 is 9.31. The van der Waals surface area contributed by atoms with E-state index in [4.69, 9.17) is 0 Å². The van der Waals surface area contributed by atoms with Crippen LogP contribution in [-0.2, 0) is 9.47 Å². The van der Waals surface area contributed by atoms with E-state index in [0.717, 1.165) is 0 Å². The second-order valence-corrected chi connectivity index (χ2v) is 0.986. The van der Waals surface area contributed by atoms with Gasteiger partial charge < -0.3 is 9.47 Å². The maximum absolute atomic E-state index is 4.66. The highest BCUT2D eigenvalue weighted by Crippen LogP contribution is 1.65. The first-order valence-electron chi connectivity index (χ1n) is 1.89. The fourth-order valence-electron chi connectivity index (χ4n) is 0.167. The van der Waals surface area contributed by atoms with Crippen molar-refractivity contribution in [2.45, 2.75) is 0 Å². The van der Waals surface area contributed by atoms with Crippen molar-refractivity contribution in [3.63, 3.8) is 0 Å². The zero-order valence-electron chi connectivity index (χ0n) is 4.73. The lowest BCUT2D eigenvalue weighted by atomic mass is 10.8. The topological polar surface area (TPSA) is 18.5 Å². The Hall–Kier alpha value is 0.270. The van der Waals surface area contributed by atoms with Crippen molar-refractivity contribution in [3.05, 3.63) is 0 Å². The fourth-order valence-corrected chi connectivity index (χ4v) is 0.167. The summed E-state index contributed by atoms with van der Waals surface area (Å²) in [5.74, 6) is 0. The molecule has 0 radical (unpaired) electrons. The SMILES string of the molecule is COCCOC.S. The Labute approximate surface area is 51.3 Å². The lowest BCUT2D eigenvalue weighted by Crippen LogP contribution is -1.96. The maximum Gasteiger partial charge on any atom is 0.0696 e. The molecule has 46 valence electrons. The van der Waals surface area contributed by atoms with E-state index >= 15 is 0 Å². The summed E-state index contributed by atoms with van der Waals surface area (Å²) in [6.45, 7) is 1.38. The highest BCUT2D eigenvalue weighted by molar-refractivity contribution is 7.59. The van der Waals surface area contributed by atoms with E-state index in [-0.39, 0.29) is 13.5 Å². The van der Waals surface area contributed by atoms with Crippen LogP contribution in [0, 0.1) is 0 Å². The fraction of sp³-hybridized carbons (Fsp3) is 1.00. The molecule has 0 heterocycles. The maximum atomic E-state index is 4.66. The van der Waals surface area contributed by atoms with Crippen LogP contribution in [0.25, 0.3) is 0 Å². The lowest BCUT2D eigenvalue weighted by Gasteiger charge is -1.91. The summed E-state index contributed by atoms with van der Waals surface area (Å²) >= 11 is 0. The molecule has 0 fully saturated rings. The minimum atomic E-state index is 0. The van der Waals surface area contributed by atoms with Crippen LogP contribution >= 0.6 is 13.5 Å². The van der Waals surface area contributed by atoms with E-state index in [0.29, 0.717) is 13.2 Å². The van der Waals surface area contributed by atoms with Crippen LogP contribution in [0.15, 0.2) is 0 Å². The molecule has 0 aliphatic heterocycles. The molecular weight excluding hydrogens is 112 g/mol. The first kappa shape index (κ1) is 10.3. The molecule has 0 bridgehead atoms. The van der Waals surface area contributed by atoms with Gasteiger partial charge in [0.05, 0.1) is 13.2 Å². The molecule has 0 aliphatic rings. The van der Waals surface area contributed by atoms with Gasteiger partial charge >= 0.3 is 0 Å². The predicted molar refractivity (Wildman–Crippen MR) is 34.1 cm³/mol. The summed E-state index contributed by atoms with van der Waals surface area (Å²) in [7, 11) is 3.30. The number of hydrogen-bond donors (Lipinski definition) is 0. The zero-order chi connectivity index (χ0) is 4.83. The molecule has 7 heavy (non-hydrogen) atoms. The molecule has 0 saturated carbocycles. The molecule has 2 nitrogen and oxygen atoms in total. The first-order valence-corrected chi connectivity index (χ1v) is 1.89. The van der Waals surface area contributed by atoms with Gasteiger partial charge in [0.2, 0.25) is 0 Å². The number of ether oxygens (including phenoxy) is 2. The largest absolute Gasteiger partial charge is 0.382 e. The van der Waals surface area contributed by atoms with Gasteiger partial charge in [-0.1, -0.05) is 0 Å². The summed E-state index contributed by atoms with van der Waals surface area (Å²) in [5, 5.41) is 0. The molecule has 0 unspecified atom stereocenters. The minimum absolute atomic E-state index is 0. The molecule has 0 rings (SSSR count). The van der Waals surface area contributed by atoms with Gasteiger partial charge in [-0.25, -0.2) is 0 Å². The van der Waals surface area contributed by atoms with Gasteiger partial charge in [-0.15, -0.1) is 0 Å². The zero-order valence-corrected chi connectivity index (χ0v) is 5.73. The molecule has 0 aromatic heterocycles. The molecule has 0 saturated heterocycles. The van der Waals surface area contributed by atoms with Crippen LogP contribution in [0.1, 0.15) is 0 Å². The standard InChI is InChI=1S/C4H10O2.H2S/c1-5-3-4-6-2;/h3-4H2,1-2H3;1H2. The van der Waals surface area contributed by atoms with E-state index in [9.17, 15) is 0 Å². The Morgan fingerprint density at radius 1 is 1.00 bits per heavy atom. The average molecular weight is 124 g/mol. The van der Waals surface area contributed by atoms with Crippen molar-refractivity contribution in [1.82, 2.24) is 0 Å². The third-order valence-corrected chi connectivity index (χ3v) is 0.492. The summed E-state index contributed by atoms with van der Waals surface area (Å²) in [5.41, 5.74) is 0. The van der Waals surface area contributed by atoms with Crippen molar-refractivity contribution >= 4 is 13.5 Å². The number of hydrogen-bond acceptors (Lipinski definition) is 2. The molecule has 0 spiro atoms. The number of rotatable bonds is 3. The summed E-state index contributed by atoms with van der Waals surface area (Å²) in [6, 6.07) is 0. The molecule has 0 amide bonds. The lowest BCUT2D eigenvalue weighted by molar-refractivity contribution is 0.103. The first-order chi connectivity index (χ1) is 2.91. The van der Waals surface area contributed by atoms with Gasteiger partial charge in [-0.05, 0) is 0 Å². The Morgan fingerprint density at radius 2 is 1.29 bits per heavy atom. The van der Waals surface area contributed by atoms with Crippen LogP contribution < -0.4 is 0 Å². The Bertz CT molecular complexity index is 21.7. The van der Waals surface area contributed by atoms with E-state index in [2.05, 4.69) is 9.47 Å². The highest BCUT2D eigenvalue weighted by Gasteiger charge is 1.73. The van der Waals surface area contributed by atoms with E-state index in [1.165, 1.54) is 0 Å². The van der Waals surface area contributed by atoms with Gasteiger partial charge in [0.15, 0.2) is 0 Å². The van der Waals surface area contributed by atoms with Crippen molar-refractivity contribution in [1.29, 1.82) is 0 Å². The van der Waals surface area contributed by atoms with Crippen LogP contribution in [0.3, 0.4) is 0 Å². The van der Waals surface area contributed by atoms with Crippen molar-refractivity contribution in [2.75, 3.05) is 27.4 Å². The molecule has 0 aromatic carbocycles. The van der Waals surface area contributed by atoms with Gasteiger partial charge in [0, 0.05) is 14.2 Å². The van der Waals surface area contributed by atoms with E-state index in [1.807, 2.05) is 0 Å². The van der Waals surface area contributed by atoms with Crippen LogP contribution in [0.4, 0.5) is 0 Å². The monoisotopic (exact) mass is 124 g/mol. The van der Waals surface area contributed by atoms with Crippen molar-refractivity contribution < 1.29 is 9.47 Å². The second kappa shape index (κ2) is 9.55. The molecule has 3 heteroatoms. The van der Waals surface area contributed by atoms with E-state index in [1.54, 1.807) is 14.2 Å². The predicted octanol–water partition coefficient (Wildman–Crippen LogP) is 0.392. The van der Waals surface area contributed by atoms with Crippen molar-refractivity contribution in [3.8, 4) is 0 Å². The van der Waals surface area contributed by atoms with Gasteiger partial charge in [-0.2, -0.15) is 13.5 Å². The van der Waals surface area contributed by atoms with Crippen LogP contribution in [0.2, 0.25) is 0 Å². The Balaban J connectivity index is 0. The van der Waals surface area contributed by atoms with E-state index < -0.39 is 0 Å². The minimum Gasteiger partial charge on any atom is -0.382 e. The Kier molecular flexibility index (Phi) is 14.0. The van der Waals surface area contributed by atoms with Gasteiger partial charge in [-0.3, -0.25) is 0 Å². The third-order valence-electron chi connectivity index (χ3n) is 0.492. The quantitative estimate of drug-likeness (QED) is 0.507. The highest BCUT2D eigenvalue weighted by atomic mass is 32.1. The smallest absolute Gasteiger partial charge is 0.0696 e. The Morgan fingerprint density at radius 3 is 1.43 bits per heavy atom. The van der Waals surface area contributed by atoms with Crippen LogP contribution in [-0.4, -0.2) is 27.4 Å². The molecular formula is C4H12O2S. The molecule has 0 atom stereocenters. The molecule has 0 N–H and O–H groups in total. The van der Waals surface area contributed by atoms with Crippen molar-refractivity contribution in [2.24, 2.45) is 0 Å². The summed E-state index contributed by atoms with van der Waals surface area (Å²) in [6.07, 6.45) is 0. The summed E-state index contributed by atoms with van der Waals surface area (Å²) in [4.78, 5) is 0. The van der Waals surface area contributed by atoms with Gasteiger partial charge in [0.1, 0.15) is 0 Å². The molecule has 0 aromatic rings. The average Bonchev–Trinajstić information content (AvgIpc) is 1.61. The number of methoxy groups -OCH3 is 2. The molecule has 0 aliphatic carbocycles. The normalized spacial score (nSPS) is 7.71. The third kappa shape index (κ3) is 10.7. The van der Waals surface area contributed by atoms with Crippen LogP contribution in [0.5, 0.6) is 0 Å². The second-order valence-electron chi connectivity index (χ2n) is 0.986. The van der Waals surface area contributed by atoms with Gasteiger partial charge in [0.25, 0.3) is 0 Å².